The molecule has 2 amide bonds. The van der Waals surface area contributed by atoms with Gasteiger partial charge in [-0.2, -0.15) is 0 Å². The summed E-state index contributed by atoms with van der Waals surface area (Å²) in [6, 6.07) is 0.451. The number of urea groups is 1. The molecule has 0 aromatic rings. The summed E-state index contributed by atoms with van der Waals surface area (Å²) in [4.78, 5) is 13.8. The number of ether oxygens (including phenoxy) is 1. The molecule has 2 aliphatic rings. The van der Waals surface area contributed by atoms with E-state index in [4.69, 9.17) is 4.74 Å². The summed E-state index contributed by atoms with van der Waals surface area (Å²) in [5.41, 5.74) is 0. The van der Waals surface area contributed by atoms with Crippen LogP contribution in [0.5, 0.6) is 0 Å². The Morgan fingerprint density at radius 1 is 1.37 bits per heavy atom. The molecule has 1 aliphatic carbocycles. The van der Waals surface area contributed by atoms with Crippen molar-refractivity contribution in [3.05, 3.63) is 0 Å². The second-order valence-electron chi connectivity index (χ2n) is 5.69. The molecule has 1 saturated carbocycles. The van der Waals surface area contributed by atoms with Crippen LogP contribution in [0.3, 0.4) is 0 Å². The van der Waals surface area contributed by atoms with Gasteiger partial charge in [0.1, 0.15) is 0 Å². The van der Waals surface area contributed by atoms with E-state index in [1.165, 1.54) is 19.3 Å². The van der Waals surface area contributed by atoms with E-state index in [0.29, 0.717) is 6.04 Å². The third-order valence-electron chi connectivity index (χ3n) is 4.07. The van der Waals surface area contributed by atoms with E-state index in [-0.39, 0.29) is 12.1 Å². The number of carbonyl (C=O) groups excluding carboxylic acids is 1. The van der Waals surface area contributed by atoms with Gasteiger partial charge in [0.25, 0.3) is 0 Å². The summed E-state index contributed by atoms with van der Waals surface area (Å²) >= 11 is 0. The van der Waals surface area contributed by atoms with Crippen molar-refractivity contribution in [2.75, 3.05) is 33.3 Å². The molecule has 0 aromatic carbocycles. The van der Waals surface area contributed by atoms with Gasteiger partial charge in [-0.3, -0.25) is 0 Å². The Bertz CT molecular complexity index is 274. The zero-order valence-electron chi connectivity index (χ0n) is 12.0. The van der Waals surface area contributed by atoms with Crippen molar-refractivity contribution in [1.82, 2.24) is 15.5 Å². The monoisotopic (exact) mass is 269 g/mol. The average molecular weight is 269 g/mol. The molecule has 1 atom stereocenters. The lowest BCUT2D eigenvalue weighted by molar-refractivity contribution is 0.0203. The van der Waals surface area contributed by atoms with Gasteiger partial charge in [-0.15, -0.1) is 0 Å². The van der Waals surface area contributed by atoms with Gasteiger partial charge in [-0.05, 0) is 19.3 Å². The number of carbonyl (C=O) groups is 1. The summed E-state index contributed by atoms with van der Waals surface area (Å²) < 4.78 is 5.64. The molecule has 1 heterocycles. The van der Waals surface area contributed by atoms with Gasteiger partial charge in [-0.25, -0.2) is 4.79 Å². The summed E-state index contributed by atoms with van der Waals surface area (Å²) in [7, 11) is 1.87. The Kier molecular flexibility index (Phi) is 5.92. The summed E-state index contributed by atoms with van der Waals surface area (Å²) in [6.07, 6.45) is 7.23. The van der Waals surface area contributed by atoms with Gasteiger partial charge in [0.15, 0.2) is 0 Å². The molecule has 2 fully saturated rings. The van der Waals surface area contributed by atoms with Crippen molar-refractivity contribution in [3.63, 3.8) is 0 Å². The van der Waals surface area contributed by atoms with Crippen molar-refractivity contribution < 1.29 is 9.53 Å². The molecule has 5 heteroatoms. The third kappa shape index (κ3) is 4.99. The first kappa shape index (κ1) is 14.6. The van der Waals surface area contributed by atoms with Crippen LogP contribution in [-0.4, -0.2) is 56.4 Å². The first-order valence-corrected chi connectivity index (χ1v) is 7.59. The van der Waals surface area contributed by atoms with Crippen LogP contribution >= 0.6 is 0 Å². The number of morpholine rings is 1. The molecule has 110 valence electrons. The molecule has 1 unspecified atom stereocenters. The van der Waals surface area contributed by atoms with Crippen LogP contribution in [0.25, 0.3) is 0 Å². The molecule has 1 saturated heterocycles. The molecule has 0 spiro atoms. The minimum Gasteiger partial charge on any atom is -0.376 e. The molecular weight excluding hydrogens is 242 g/mol. The first-order valence-electron chi connectivity index (χ1n) is 7.59. The molecule has 0 aromatic heterocycles. The van der Waals surface area contributed by atoms with E-state index in [1.807, 2.05) is 7.05 Å². The zero-order chi connectivity index (χ0) is 13.5. The fraction of sp³-hybridized carbons (Fsp3) is 0.929. The number of nitrogens with zero attached hydrogens (tertiary/aromatic N) is 1. The van der Waals surface area contributed by atoms with Gasteiger partial charge >= 0.3 is 6.03 Å². The Balaban J connectivity index is 1.63. The maximum Gasteiger partial charge on any atom is 0.317 e. The Labute approximate surface area is 116 Å². The summed E-state index contributed by atoms with van der Waals surface area (Å²) in [5, 5.41) is 6.45. The molecule has 5 nitrogen and oxygen atoms in total. The number of amides is 2. The molecular formula is C14H27N3O2. The average Bonchev–Trinajstić information content (AvgIpc) is 2.47. The quantitative estimate of drug-likeness (QED) is 0.810. The fourth-order valence-corrected chi connectivity index (χ4v) is 2.78. The van der Waals surface area contributed by atoms with E-state index in [9.17, 15) is 4.79 Å². The van der Waals surface area contributed by atoms with Crippen LogP contribution in [0.15, 0.2) is 0 Å². The van der Waals surface area contributed by atoms with Crippen LogP contribution in [0.4, 0.5) is 4.79 Å². The van der Waals surface area contributed by atoms with Crippen LogP contribution < -0.4 is 10.6 Å². The lowest BCUT2D eigenvalue weighted by Gasteiger charge is -2.28. The van der Waals surface area contributed by atoms with Crippen molar-refractivity contribution in [2.24, 2.45) is 0 Å². The standard InChI is InChI=1S/C14H27N3O2/c1-17(9-7-13-11-15-8-10-19-13)14(18)16-12-5-3-2-4-6-12/h12-13,15H,2-11H2,1H3,(H,16,18). The highest BCUT2D eigenvalue weighted by atomic mass is 16.5. The van der Waals surface area contributed by atoms with Gasteiger partial charge < -0.3 is 20.3 Å². The Morgan fingerprint density at radius 3 is 2.84 bits per heavy atom. The number of rotatable bonds is 4. The molecule has 0 radical (unpaired) electrons. The van der Waals surface area contributed by atoms with Gasteiger partial charge in [0.05, 0.1) is 12.7 Å². The molecule has 2 rings (SSSR count). The first-order chi connectivity index (χ1) is 9.25. The predicted molar refractivity (Wildman–Crippen MR) is 75.3 cm³/mol. The smallest absolute Gasteiger partial charge is 0.317 e. The van der Waals surface area contributed by atoms with E-state index in [0.717, 1.165) is 45.5 Å². The van der Waals surface area contributed by atoms with Gasteiger partial charge in [0.2, 0.25) is 0 Å². The number of hydrogen-bond acceptors (Lipinski definition) is 3. The van der Waals surface area contributed by atoms with E-state index in [1.54, 1.807) is 4.90 Å². The Morgan fingerprint density at radius 2 is 2.16 bits per heavy atom. The van der Waals surface area contributed by atoms with Crippen molar-refractivity contribution in [2.45, 2.75) is 50.7 Å². The normalized spacial score (nSPS) is 25.0. The number of hydrogen-bond donors (Lipinski definition) is 2. The molecule has 2 N–H and O–H groups in total. The second-order valence-corrected chi connectivity index (χ2v) is 5.69. The van der Waals surface area contributed by atoms with Crippen LogP contribution in [-0.2, 0) is 4.74 Å². The molecule has 1 aliphatic heterocycles. The van der Waals surface area contributed by atoms with Crippen molar-refractivity contribution >= 4 is 6.03 Å². The highest BCUT2D eigenvalue weighted by Gasteiger charge is 2.19. The van der Waals surface area contributed by atoms with E-state index in [2.05, 4.69) is 10.6 Å². The van der Waals surface area contributed by atoms with Gasteiger partial charge in [0, 0.05) is 32.7 Å². The lowest BCUT2D eigenvalue weighted by atomic mass is 9.96. The minimum atomic E-state index is 0.0654. The molecule has 0 bridgehead atoms. The van der Waals surface area contributed by atoms with Crippen molar-refractivity contribution in [3.8, 4) is 0 Å². The summed E-state index contributed by atoms with van der Waals surface area (Å²) in [6.45, 7) is 3.38. The molecule has 19 heavy (non-hydrogen) atoms. The van der Waals surface area contributed by atoms with E-state index < -0.39 is 0 Å². The summed E-state index contributed by atoms with van der Waals surface area (Å²) in [5.74, 6) is 0. The van der Waals surface area contributed by atoms with Crippen LogP contribution in [0, 0.1) is 0 Å². The Hall–Kier alpha value is -0.810. The van der Waals surface area contributed by atoms with Gasteiger partial charge in [-0.1, -0.05) is 19.3 Å². The lowest BCUT2D eigenvalue weighted by Crippen LogP contribution is -2.45. The van der Waals surface area contributed by atoms with Crippen LogP contribution in [0.1, 0.15) is 38.5 Å². The SMILES string of the molecule is CN(CCC1CNCCO1)C(=O)NC1CCCCC1. The highest BCUT2D eigenvalue weighted by molar-refractivity contribution is 5.74. The topological polar surface area (TPSA) is 53.6 Å². The van der Waals surface area contributed by atoms with E-state index >= 15 is 0 Å². The maximum atomic E-state index is 12.0. The van der Waals surface area contributed by atoms with Crippen molar-refractivity contribution in [1.29, 1.82) is 0 Å². The predicted octanol–water partition coefficient (Wildman–Crippen LogP) is 1.34. The maximum absolute atomic E-state index is 12.0. The highest BCUT2D eigenvalue weighted by Crippen LogP contribution is 2.17. The largest absolute Gasteiger partial charge is 0.376 e. The fourth-order valence-electron chi connectivity index (χ4n) is 2.78. The second kappa shape index (κ2) is 7.70. The minimum absolute atomic E-state index is 0.0654. The zero-order valence-corrected chi connectivity index (χ0v) is 12.0. The number of nitrogens with one attached hydrogen (secondary N) is 2. The van der Waals surface area contributed by atoms with Crippen LogP contribution in [0.2, 0.25) is 0 Å². The third-order valence-corrected chi connectivity index (χ3v) is 4.07.